The zero-order valence-electron chi connectivity index (χ0n) is 4.67. The van der Waals surface area contributed by atoms with Gasteiger partial charge in [-0.1, -0.05) is 0 Å². The molecule has 0 saturated heterocycles. The summed E-state index contributed by atoms with van der Waals surface area (Å²) in [5.41, 5.74) is 0. The van der Waals surface area contributed by atoms with E-state index in [0.29, 0.717) is 6.42 Å². The first-order chi connectivity index (χ1) is 3.80. The molecule has 8 heavy (non-hydrogen) atoms. The first-order valence-corrected chi connectivity index (χ1v) is 2.88. The first kappa shape index (κ1) is 5.63. The van der Waals surface area contributed by atoms with E-state index >= 15 is 0 Å². The quantitative estimate of drug-likeness (QED) is 0.492. The fourth-order valence-electron chi connectivity index (χ4n) is 0.845. The van der Waals surface area contributed by atoms with Crippen molar-refractivity contribution >= 4 is 0 Å². The predicted octanol–water partition coefficient (Wildman–Crippen LogP) is 0.973. The molecule has 46 valence electrons. The van der Waals surface area contributed by atoms with Gasteiger partial charge in [-0.15, -0.1) is 0 Å². The van der Waals surface area contributed by atoms with Gasteiger partial charge in [-0.2, -0.15) is 0 Å². The Hall–Kier alpha value is -0.500. The first-order valence-electron chi connectivity index (χ1n) is 2.88. The van der Waals surface area contributed by atoms with Crippen molar-refractivity contribution in [2.75, 3.05) is 0 Å². The molecule has 0 bridgehead atoms. The summed E-state index contributed by atoms with van der Waals surface area (Å²) in [5.74, 6) is 0.149. The van der Waals surface area contributed by atoms with Gasteiger partial charge in [0.25, 0.3) is 0 Å². The lowest BCUT2D eigenvalue weighted by Gasteiger charge is -2.12. The minimum absolute atomic E-state index is 0.149. The number of hydrogen-bond donors (Lipinski definition) is 2. The highest BCUT2D eigenvalue weighted by Crippen LogP contribution is 2.14. The summed E-state index contributed by atoms with van der Waals surface area (Å²) in [7, 11) is 0. The Bertz CT molecular complexity index is 107. The lowest BCUT2D eigenvalue weighted by atomic mass is 10.0. The molecule has 0 aromatic heterocycles. The van der Waals surface area contributed by atoms with E-state index in [1.54, 1.807) is 6.08 Å². The summed E-state index contributed by atoms with van der Waals surface area (Å²) >= 11 is 0. The van der Waals surface area contributed by atoms with Gasteiger partial charge >= 0.3 is 0 Å². The molecule has 0 amide bonds. The van der Waals surface area contributed by atoms with E-state index in [1.807, 2.05) is 0 Å². The molecule has 2 N–H and O–H groups in total. The Labute approximate surface area is 48.5 Å². The van der Waals surface area contributed by atoms with Crippen LogP contribution in [0.25, 0.3) is 0 Å². The summed E-state index contributed by atoms with van der Waals surface area (Å²) < 4.78 is 0. The molecule has 2 heteroatoms. The standard InChI is InChI=1S/C6H10O2/c7-5-3-1-2-4-6(5)8/h3,6-8H,1-2,4H2. The fraction of sp³-hybridized carbons (Fsp3) is 0.667. The van der Waals surface area contributed by atoms with Crippen molar-refractivity contribution < 1.29 is 10.2 Å². The van der Waals surface area contributed by atoms with E-state index < -0.39 is 6.10 Å². The van der Waals surface area contributed by atoms with Crippen molar-refractivity contribution in [1.82, 2.24) is 0 Å². The molecule has 1 aliphatic rings. The normalized spacial score (nSPS) is 29.6. The summed E-state index contributed by atoms with van der Waals surface area (Å²) in [5, 5.41) is 17.6. The van der Waals surface area contributed by atoms with E-state index in [4.69, 9.17) is 10.2 Å². The molecule has 0 radical (unpaired) electrons. The minimum atomic E-state index is -0.580. The van der Waals surface area contributed by atoms with Crippen LogP contribution < -0.4 is 0 Å². The minimum Gasteiger partial charge on any atom is -0.510 e. The zero-order chi connectivity index (χ0) is 5.98. The van der Waals surface area contributed by atoms with Crippen molar-refractivity contribution in [3.63, 3.8) is 0 Å². The van der Waals surface area contributed by atoms with Crippen LogP contribution >= 0.6 is 0 Å². The van der Waals surface area contributed by atoms with Gasteiger partial charge < -0.3 is 10.2 Å². The molecule has 0 saturated carbocycles. The molecule has 1 unspecified atom stereocenters. The molecule has 1 atom stereocenters. The second kappa shape index (κ2) is 2.18. The third-order valence-electron chi connectivity index (χ3n) is 1.38. The topological polar surface area (TPSA) is 40.5 Å². The number of allylic oxidation sites excluding steroid dienone is 1. The van der Waals surface area contributed by atoms with E-state index in [9.17, 15) is 0 Å². The third-order valence-corrected chi connectivity index (χ3v) is 1.38. The molecule has 0 aliphatic heterocycles. The smallest absolute Gasteiger partial charge is 0.117 e. The van der Waals surface area contributed by atoms with Crippen LogP contribution in [0, 0.1) is 0 Å². The average Bonchev–Trinajstić information content (AvgIpc) is 1.77. The van der Waals surface area contributed by atoms with Gasteiger partial charge in [-0.25, -0.2) is 0 Å². The molecular formula is C6H10O2. The van der Waals surface area contributed by atoms with E-state index in [-0.39, 0.29) is 5.76 Å². The highest BCUT2D eigenvalue weighted by molar-refractivity contribution is 5.00. The van der Waals surface area contributed by atoms with Crippen LogP contribution in [0.3, 0.4) is 0 Å². The van der Waals surface area contributed by atoms with Gasteiger partial charge in [-0.05, 0) is 25.3 Å². The van der Waals surface area contributed by atoms with Crippen LogP contribution in [-0.4, -0.2) is 16.3 Å². The Balaban J connectivity index is 2.53. The molecule has 0 heterocycles. The SMILES string of the molecule is OC1=CCCCC1O. The Morgan fingerprint density at radius 2 is 2.38 bits per heavy atom. The average molecular weight is 114 g/mol. The van der Waals surface area contributed by atoms with E-state index in [0.717, 1.165) is 12.8 Å². The maximum absolute atomic E-state index is 8.86. The van der Waals surface area contributed by atoms with E-state index in [2.05, 4.69) is 0 Å². The van der Waals surface area contributed by atoms with Crippen LogP contribution in [0.2, 0.25) is 0 Å². The molecule has 1 rings (SSSR count). The summed E-state index contributed by atoms with van der Waals surface area (Å²) in [6.07, 6.45) is 3.70. The second-order valence-corrected chi connectivity index (χ2v) is 2.08. The highest BCUT2D eigenvalue weighted by atomic mass is 16.3. The van der Waals surface area contributed by atoms with Crippen LogP contribution in [0.5, 0.6) is 0 Å². The molecule has 2 nitrogen and oxygen atoms in total. The second-order valence-electron chi connectivity index (χ2n) is 2.08. The molecule has 0 fully saturated rings. The largest absolute Gasteiger partial charge is 0.510 e. The zero-order valence-corrected chi connectivity index (χ0v) is 4.67. The Morgan fingerprint density at radius 3 is 2.75 bits per heavy atom. The number of hydrogen-bond acceptors (Lipinski definition) is 2. The van der Waals surface area contributed by atoms with Gasteiger partial charge in [0, 0.05) is 0 Å². The predicted molar refractivity (Wildman–Crippen MR) is 30.6 cm³/mol. The fourth-order valence-corrected chi connectivity index (χ4v) is 0.845. The third kappa shape index (κ3) is 1.01. The number of rotatable bonds is 0. The Morgan fingerprint density at radius 1 is 1.62 bits per heavy atom. The van der Waals surface area contributed by atoms with Gasteiger partial charge in [0.2, 0.25) is 0 Å². The lowest BCUT2D eigenvalue weighted by Crippen LogP contribution is -2.12. The number of aliphatic hydroxyl groups is 2. The summed E-state index contributed by atoms with van der Waals surface area (Å²) in [6, 6.07) is 0. The maximum Gasteiger partial charge on any atom is 0.117 e. The van der Waals surface area contributed by atoms with Crippen molar-refractivity contribution in [3.05, 3.63) is 11.8 Å². The van der Waals surface area contributed by atoms with Gasteiger partial charge in [0.15, 0.2) is 0 Å². The number of aliphatic hydroxyl groups excluding tert-OH is 2. The van der Waals surface area contributed by atoms with E-state index in [1.165, 1.54) is 0 Å². The van der Waals surface area contributed by atoms with Gasteiger partial charge in [-0.3, -0.25) is 0 Å². The van der Waals surface area contributed by atoms with Gasteiger partial charge in [0.05, 0.1) is 0 Å². The maximum atomic E-state index is 8.86. The molecule has 1 aliphatic carbocycles. The van der Waals surface area contributed by atoms with Gasteiger partial charge in [0.1, 0.15) is 11.9 Å². The van der Waals surface area contributed by atoms with Crippen molar-refractivity contribution in [3.8, 4) is 0 Å². The summed E-state index contributed by atoms with van der Waals surface area (Å²) in [6.45, 7) is 0. The van der Waals surface area contributed by atoms with Crippen LogP contribution in [0.4, 0.5) is 0 Å². The molecule has 0 spiro atoms. The lowest BCUT2D eigenvalue weighted by molar-refractivity contribution is 0.134. The van der Waals surface area contributed by atoms with Crippen molar-refractivity contribution in [1.29, 1.82) is 0 Å². The van der Waals surface area contributed by atoms with Crippen molar-refractivity contribution in [2.24, 2.45) is 0 Å². The molecular weight excluding hydrogens is 104 g/mol. The molecule has 0 aromatic carbocycles. The van der Waals surface area contributed by atoms with Crippen LogP contribution in [0.15, 0.2) is 11.8 Å². The summed E-state index contributed by atoms with van der Waals surface area (Å²) in [4.78, 5) is 0. The monoisotopic (exact) mass is 114 g/mol. The van der Waals surface area contributed by atoms with Crippen LogP contribution in [-0.2, 0) is 0 Å². The van der Waals surface area contributed by atoms with Crippen molar-refractivity contribution in [2.45, 2.75) is 25.4 Å². The highest BCUT2D eigenvalue weighted by Gasteiger charge is 2.11. The van der Waals surface area contributed by atoms with Crippen LogP contribution in [0.1, 0.15) is 19.3 Å². The molecule has 0 aromatic rings. The Kier molecular flexibility index (Phi) is 1.53.